The molecule has 0 unspecified atom stereocenters. The Hall–Kier alpha value is -4.24. The number of carboxylic acid groups (broad SMARTS) is 1. The number of aliphatic hydroxyl groups is 1. The third-order valence-electron chi connectivity index (χ3n) is 7.81. The van der Waals surface area contributed by atoms with E-state index in [1.165, 1.54) is 24.4 Å². The van der Waals surface area contributed by atoms with Gasteiger partial charge in [-0.1, -0.05) is 11.2 Å². The first-order valence-electron chi connectivity index (χ1n) is 13.3. The molecule has 2 aromatic carbocycles. The number of β-amino-alcohol motifs (C(OH)–C–C–N with tert-alkyl or cyclic N) is 1. The SMILES string of the molecule is Cc1cc(OCc2c(-c3c(C)cc(F)cc3C)noc2C2CC2)ccc1C1(O)CN(c2ccc(C(=O)O)cn2)C1. The van der Waals surface area contributed by atoms with Crippen molar-refractivity contribution in [3.63, 3.8) is 0 Å². The van der Waals surface area contributed by atoms with Crippen LogP contribution in [0.4, 0.5) is 10.2 Å². The van der Waals surface area contributed by atoms with Crippen LogP contribution in [0.3, 0.4) is 0 Å². The third kappa shape index (κ3) is 4.70. The van der Waals surface area contributed by atoms with E-state index in [9.17, 15) is 14.3 Å². The minimum atomic E-state index is -1.05. The second kappa shape index (κ2) is 9.75. The van der Waals surface area contributed by atoms with Crippen molar-refractivity contribution >= 4 is 11.8 Å². The maximum Gasteiger partial charge on any atom is 0.337 e. The van der Waals surface area contributed by atoms with E-state index in [1.807, 2.05) is 43.9 Å². The summed E-state index contributed by atoms with van der Waals surface area (Å²) in [6.45, 7) is 6.63. The lowest BCUT2D eigenvalue weighted by atomic mass is 9.83. The Labute approximate surface area is 231 Å². The van der Waals surface area contributed by atoms with E-state index in [0.717, 1.165) is 52.0 Å². The minimum Gasteiger partial charge on any atom is -0.489 e. The van der Waals surface area contributed by atoms with Gasteiger partial charge in [0.2, 0.25) is 0 Å². The number of halogens is 1. The zero-order chi connectivity index (χ0) is 28.2. The van der Waals surface area contributed by atoms with E-state index in [0.29, 0.717) is 36.3 Å². The van der Waals surface area contributed by atoms with Crippen LogP contribution in [0.25, 0.3) is 11.3 Å². The fourth-order valence-corrected chi connectivity index (χ4v) is 5.63. The lowest BCUT2D eigenvalue weighted by molar-refractivity contribution is 0.00642. The minimum absolute atomic E-state index is 0.122. The van der Waals surface area contributed by atoms with Gasteiger partial charge in [0.15, 0.2) is 0 Å². The van der Waals surface area contributed by atoms with Crippen LogP contribution in [-0.4, -0.2) is 39.4 Å². The van der Waals surface area contributed by atoms with Crippen LogP contribution in [-0.2, 0) is 12.2 Å². The predicted molar refractivity (Wildman–Crippen MR) is 146 cm³/mol. The molecule has 2 aromatic heterocycles. The summed E-state index contributed by atoms with van der Waals surface area (Å²) in [5, 5.41) is 24.8. The first-order chi connectivity index (χ1) is 19.1. The van der Waals surface area contributed by atoms with Gasteiger partial charge in [0.25, 0.3) is 0 Å². The smallest absolute Gasteiger partial charge is 0.337 e. The topological polar surface area (TPSA) is 109 Å². The van der Waals surface area contributed by atoms with Crippen molar-refractivity contribution in [2.24, 2.45) is 0 Å². The van der Waals surface area contributed by atoms with Gasteiger partial charge >= 0.3 is 5.97 Å². The highest BCUT2D eigenvalue weighted by molar-refractivity contribution is 5.87. The number of hydrogen-bond acceptors (Lipinski definition) is 7. The van der Waals surface area contributed by atoms with Gasteiger partial charge in [-0.05, 0) is 92.3 Å². The molecule has 2 fully saturated rings. The summed E-state index contributed by atoms with van der Waals surface area (Å²) in [4.78, 5) is 17.2. The normalized spacial score (nSPS) is 16.1. The Morgan fingerprint density at radius 2 is 1.82 bits per heavy atom. The predicted octanol–water partition coefficient (Wildman–Crippen LogP) is 5.66. The highest BCUT2D eigenvalue weighted by Gasteiger charge is 2.44. The lowest BCUT2D eigenvalue weighted by Gasteiger charge is -2.48. The first-order valence-corrected chi connectivity index (χ1v) is 13.3. The largest absolute Gasteiger partial charge is 0.489 e. The molecular weight excluding hydrogens is 513 g/mol. The molecule has 9 heteroatoms. The molecule has 1 aliphatic carbocycles. The van der Waals surface area contributed by atoms with Crippen molar-refractivity contribution < 1.29 is 28.7 Å². The summed E-state index contributed by atoms with van der Waals surface area (Å²) >= 11 is 0. The van der Waals surface area contributed by atoms with Crippen molar-refractivity contribution in [3.8, 4) is 17.0 Å². The number of rotatable bonds is 8. The van der Waals surface area contributed by atoms with E-state index in [4.69, 9.17) is 14.4 Å². The number of anilines is 1. The summed E-state index contributed by atoms with van der Waals surface area (Å²) in [5.41, 5.74) is 4.81. The molecule has 1 saturated heterocycles. The Morgan fingerprint density at radius 1 is 1.10 bits per heavy atom. The number of carboxylic acids is 1. The number of benzene rings is 2. The second-order valence-electron chi connectivity index (χ2n) is 10.9. The number of hydrogen-bond donors (Lipinski definition) is 2. The number of pyridine rings is 1. The number of ether oxygens (including phenoxy) is 1. The zero-order valence-corrected chi connectivity index (χ0v) is 22.6. The molecule has 8 nitrogen and oxygen atoms in total. The lowest BCUT2D eigenvalue weighted by Crippen LogP contribution is -2.60. The molecule has 0 amide bonds. The van der Waals surface area contributed by atoms with Gasteiger partial charge in [-0.2, -0.15) is 0 Å². The summed E-state index contributed by atoms with van der Waals surface area (Å²) < 4.78 is 26.0. The summed E-state index contributed by atoms with van der Waals surface area (Å²) in [6.07, 6.45) is 3.41. The highest BCUT2D eigenvalue weighted by atomic mass is 19.1. The Morgan fingerprint density at radius 3 is 2.42 bits per heavy atom. The Balaban J connectivity index is 1.18. The molecule has 2 aliphatic rings. The van der Waals surface area contributed by atoms with E-state index in [-0.39, 0.29) is 18.0 Å². The van der Waals surface area contributed by atoms with Gasteiger partial charge < -0.3 is 24.4 Å². The van der Waals surface area contributed by atoms with Crippen LogP contribution >= 0.6 is 0 Å². The molecule has 1 saturated carbocycles. The average molecular weight is 544 g/mol. The summed E-state index contributed by atoms with van der Waals surface area (Å²) in [6, 6.07) is 11.8. The van der Waals surface area contributed by atoms with Crippen molar-refractivity contribution in [3.05, 3.63) is 93.6 Å². The average Bonchev–Trinajstić information content (AvgIpc) is 3.65. The summed E-state index contributed by atoms with van der Waals surface area (Å²) in [5.74, 6) is 1.14. The molecule has 206 valence electrons. The molecule has 6 rings (SSSR count). The standard InChI is InChI=1S/C31H30FN3O5/c1-17-12-23(7-8-25(17)31(38)15-35(16-31)26-9-6-21(13-33-26)30(36)37)39-14-24-28(34-40-29(24)20-4-5-20)27-18(2)10-22(32)11-19(27)3/h6-13,20,38H,4-5,14-16H2,1-3H3,(H,36,37). The van der Waals surface area contributed by atoms with Crippen molar-refractivity contribution in [1.82, 2.24) is 10.1 Å². The molecule has 2 N–H and O–H groups in total. The fraction of sp³-hybridized carbons (Fsp3) is 0.323. The molecule has 0 bridgehead atoms. The number of carbonyl (C=O) groups is 1. The van der Waals surface area contributed by atoms with Crippen LogP contribution in [0.5, 0.6) is 5.75 Å². The number of aromatic carboxylic acids is 1. The molecule has 1 aliphatic heterocycles. The molecule has 3 heterocycles. The maximum absolute atomic E-state index is 14.0. The van der Waals surface area contributed by atoms with E-state index >= 15 is 0 Å². The van der Waals surface area contributed by atoms with Gasteiger partial charge in [0.05, 0.1) is 24.2 Å². The summed E-state index contributed by atoms with van der Waals surface area (Å²) in [7, 11) is 0. The van der Waals surface area contributed by atoms with E-state index in [2.05, 4.69) is 10.1 Å². The zero-order valence-electron chi connectivity index (χ0n) is 22.6. The van der Waals surface area contributed by atoms with Crippen molar-refractivity contribution in [2.45, 2.75) is 51.7 Å². The molecule has 4 aromatic rings. The van der Waals surface area contributed by atoms with Gasteiger partial charge in [-0.15, -0.1) is 0 Å². The fourth-order valence-electron chi connectivity index (χ4n) is 5.63. The highest BCUT2D eigenvalue weighted by Crippen LogP contribution is 2.45. The van der Waals surface area contributed by atoms with Crippen LogP contribution in [0, 0.1) is 26.6 Å². The van der Waals surface area contributed by atoms with Crippen molar-refractivity contribution in [2.75, 3.05) is 18.0 Å². The molecule has 0 spiro atoms. The van der Waals surface area contributed by atoms with E-state index < -0.39 is 11.6 Å². The number of nitrogens with zero attached hydrogens (tertiary/aromatic N) is 3. The van der Waals surface area contributed by atoms with Crippen LogP contribution in [0.2, 0.25) is 0 Å². The monoisotopic (exact) mass is 543 g/mol. The maximum atomic E-state index is 14.0. The molecule has 0 radical (unpaired) electrons. The van der Waals surface area contributed by atoms with Gasteiger partial charge in [-0.3, -0.25) is 0 Å². The second-order valence-corrected chi connectivity index (χ2v) is 10.9. The third-order valence-corrected chi connectivity index (χ3v) is 7.81. The van der Waals surface area contributed by atoms with Crippen LogP contribution < -0.4 is 9.64 Å². The van der Waals surface area contributed by atoms with E-state index in [1.54, 1.807) is 6.07 Å². The quantitative estimate of drug-likeness (QED) is 0.293. The van der Waals surface area contributed by atoms with Gasteiger partial charge in [-0.25, -0.2) is 14.2 Å². The molecule has 40 heavy (non-hydrogen) atoms. The van der Waals surface area contributed by atoms with Gasteiger partial charge in [0, 0.05) is 17.7 Å². The Kier molecular flexibility index (Phi) is 6.34. The van der Waals surface area contributed by atoms with Gasteiger partial charge in [0.1, 0.15) is 41.0 Å². The molecular formula is C31H30FN3O5. The van der Waals surface area contributed by atoms with Crippen LogP contribution in [0.1, 0.15) is 62.7 Å². The number of aromatic nitrogens is 2. The Bertz CT molecular complexity index is 1580. The van der Waals surface area contributed by atoms with Crippen molar-refractivity contribution in [1.29, 1.82) is 0 Å². The number of aryl methyl sites for hydroxylation is 3. The molecule has 0 atom stereocenters. The first kappa shape index (κ1) is 26.0. The van der Waals surface area contributed by atoms with Crippen LogP contribution in [0.15, 0.2) is 53.2 Å².